The molecule has 1 N–H and O–H groups in total. The van der Waals surface area contributed by atoms with E-state index in [0.29, 0.717) is 12.8 Å². The highest BCUT2D eigenvalue weighted by Gasteiger charge is 2.21. The molecule has 2 rings (SSSR count). The van der Waals surface area contributed by atoms with Gasteiger partial charge in [0.2, 0.25) is 0 Å². The maximum absolute atomic E-state index is 12.1. The van der Waals surface area contributed by atoms with E-state index in [2.05, 4.69) is 11.4 Å². The Morgan fingerprint density at radius 3 is 2.88 bits per heavy atom. The summed E-state index contributed by atoms with van der Waals surface area (Å²) in [4.78, 5) is 33.3. The fourth-order valence-corrected chi connectivity index (χ4v) is 2.72. The standard InChI is InChI=1S/C18H22N2O5/c1-13(18(22)19-10-9-14-5-3-2-4-6-14)25-17-8-7-15(12-21)11-16(17)20(23)24/h5,7-8,11-13H,2-4,6,9-10H2,1H3,(H,19,22)/t13-/m1/s1. The number of carbonyl (C=O) groups is 2. The first-order chi connectivity index (χ1) is 12.0. The van der Waals surface area contributed by atoms with Crippen molar-refractivity contribution in [3.63, 3.8) is 0 Å². The third-order valence-corrected chi connectivity index (χ3v) is 4.12. The Kier molecular flexibility index (Phi) is 6.68. The zero-order chi connectivity index (χ0) is 18.2. The molecule has 134 valence electrons. The second kappa shape index (κ2) is 8.96. The lowest BCUT2D eigenvalue weighted by Crippen LogP contribution is -2.37. The Labute approximate surface area is 146 Å². The molecule has 0 radical (unpaired) electrons. The molecule has 0 saturated heterocycles. The average Bonchev–Trinajstić information content (AvgIpc) is 2.62. The fourth-order valence-electron chi connectivity index (χ4n) is 2.72. The van der Waals surface area contributed by atoms with Gasteiger partial charge in [-0.05, 0) is 51.2 Å². The quantitative estimate of drug-likeness (QED) is 0.337. The Bertz CT molecular complexity index is 684. The molecule has 1 aromatic carbocycles. The van der Waals surface area contributed by atoms with Crippen LogP contribution in [0.4, 0.5) is 5.69 Å². The van der Waals surface area contributed by atoms with Gasteiger partial charge in [-0.15, -0.1) is 0 Å². The second-order valence-corrected chi connectivity index (χ2v) is 6.01. The van der Waals surface area contributed by atoms with Gasteiger partial charge in [0.25, 0.3) is 5.91 Å². The zero-order valence-corrected chi connectivity index (χ0v) is 14.2. The summed E-state index contributed by atoms with van der Waals surface area (Å²) in [5, 5.41) is 13.9. The van der Waals surface area contributed by atoms with Gasteiger partial charge in [0.15, 0.2) is 11.9 Å². The van der Waals surface area contributed by atoms with Gasteiger partial charge in [0.1, 0.15) is 6.29 Å². The molecule has 0 saturated carbocycles. The van der Waals surface area contributed by atoms with Crippen LogP contribution in [0.3, 0.4) is 0 Å². The highest BCUT2D eigenvalue weighted by molar-refractivity contribution is 5.81. The number of nitrogens with one attached hydrogen (secondary N) is 1. The summed E-state index contributed by atoms with van der Waals surface area (Å²) >= 11 is 0. The van der Waals surface area contributed by atoms with Crippen LogP contribution in [-0.2, 0) is 4.79 Å². The molecule has 1 aliphatic rings. The maximum atomic E-state index is 12.1. The fraction of sp³-hybridized carbons (Fsp3) is 0.444. The molecule has 0 aliphatic heterocycles. The summed E-state index contributed by atoms with van der Waals surface area (Å²) in [5.41, 5.74) is 1.20. The highest BCUT2D eigenvalue weighted by atomic mass is 16.6. The third-order valence-electron chi connectivity index (χ3n) is 4.12. The highest BCUT2D eigenvalue weighted by Crippen LogP contribution is 2.28. The summed E-state index contributed by atoms with van der Waals surface area (Å²) in [6.45, 7) is 2.05. The number of hydrogen-bond acceptors (Lipinski definition) is 5. The zero-order valence-electron chi connectivity index (χ0n) is 14.2. The van der Waals surface area contributed by atoms with Crippen molar-refractivity contribution in [3.05, 3.63) is 45.5 Å². The Morgan fingerprint density at radius 2 is 2.24 bits per heavy atom. The van der Waals surface area contributed by atoms with E-state index in [9.17, 15) is 19.7 Å². The van der Waals surface area contributed by atoms with Crippen LogP contribution >= 0.6 is 0 Å². The molecule has 0 unspecified atom stereocenters. The van der Waals surface area contributed by atoms with Crippen LogP contribution in [0.15, 0.2) is 29.8 Å². The topological polar surface area (TPSA) is 98.5 Å². The number of hydrogen-bond donors (Lipinski definition) is 1. The number of ether oxygens (including phenoxy) is 1. The lowest BCUT2D eigenvalue weighted by atomic mass is 9.97. The van der Waals surface area contributed by atoms with Crippen molar-refractivity contribution in [2.24, 2.45) is 0 Å². The SMILES string of the molecule is C[C@@H](Oc1ccc(C=O)cc1[N+](=O)[O-])C(=O)NCCC1=CCCCC1. The van der Waals surface area contributed by atoms with Gasteiger partial charge in [0.05, 0.1) is 4.92 Å². The smallest absolute Gasteiger partial charge is 0.311 e. The molecule has 7 nitrogen and oxygen atoms in total. The van der Waals surface area contributed by atoms with Crippen LogP contribution in [-0.4, -0.2) is 29.8 Å². The third kappa shape index (κ3) is 5.41. The van der Waals surface area contributed by atoms with Crippen LogP contribution in [0.25, 0.3) is 0 Å². The largest absolute Gasteiger partial charge is 0.474 e. The van der Waals surface area contributed by atoms with E-state index >= 15 is 0 Å². The summed E-state index contributed by atoms with van der Waals surface area (Å²) in [6, 6.07) is 3.87. The van der Waals surface area contributed by atoms with Crippen molar-refractivity contribution in [1.82, 2.24) is 5.32 Å². The van der Waals surface area contributed by atoms with E-state index in [0.717, 1.165) is 25.3 Å². The minimum absolute atomic E-state index is 0.0340. The number of nitrogens with zero attached hydrogens (tertiary/aromatic N) is 1. The molecular formula is C18H22N2O5. The van der Waals surface area contributed by atoms with Crippen molar-refractivity contribution < 1.29 is 19.2 Å². The van der Waals surface area contributed by atoms with Crippen molar-refractivity contribution in [1.29, 1.82) is 0 Å². The van der Waals surface area contributed by atoms with Gasteiger partial charge in [-0.2, -0.15) is 0 Å². The molecule has 25 heavy (non-hydrogen) atoms. The molecule has 0 fully saturated rings. The van der Waals surface area contributed by atoms with E-state index in [-0.39, 0.29) is 22.9 Å². The van der Waals surface area contributed by atoms with Gasteiger partial charge in [0, 0.05) is 18.2 Å². The van der Waals surface area contributed by atoms with Gasteiger partial charge in [-0.1, -0.05) is 11.6 Å². The van der Waals surface area contributed by atoms with E-state index in [4.69, 9.17) is 4.74 Å². The minimum atomic E-state index is -0.874. The van der Waals surface area contributed by atoms with Crippen LogP contribution < -0.4 is 10.1 Å². The Balaban J connectivity index is 1.91. The summed E-state index contributed by atoms with van der Waals surface area (Å²) in [6.07, 6.45) is 7.29. The van der Waals surface area contributed by atoms with Gasteiger partial charge in [-0.3, -0.25) is 19.7 Å². The normalized spacial score (nSPS) is 15.0. The predicted octanol–water partition coefficient (Wildman–Crippen LogP) is 3.18. The van der Waals surface area contributed by atoms with Crippen molar-refractivity contribution in [2.75, 3.05) is 6.54 Å². The number of amides is 1. The number of carbonyl (C=O) groups excluding carboxylic acids is 2. The number of aldehydes is 1. The molecular weight excluding hydrogens is 324 g/mol. The Hall–Kier alpha value is -2.70. The first-order valence-corrected chi connectivity index (χ1v) is 8.37. The molecule has 1 atom stereocenters. The average molecular weight is 346 g/mol. The molecule has 1 aromatic rings. The summed E-state index contributed by atoms with van der Waals surface area (Å²) in [5.74, 6) is -0.363. The van der Waals surface area contributed by atoms with Gasteiger partial charge < -0.3 is 10.1 Å². The molecule has 1 amide bonds. The number of nitro groups is 1. The van der Waals surface area contributed by atoms with Gasteiger partial charge in [-0.25, -0.2) is 0 Å². The van der Waals surface area contributed by atoms with E-state index in [1.54, 1.807) is 0 Å². The molecule has 0 bridgehead atoms. The lowest BCUT2D eigenvalue weighted by Gasteiger charge is -2.16. The van der Waals surface area contributed by atoms with E-state index in [1.807, 2.05) is 0 Å². The molecule has 7 heteroatoms. The molecule has 0 heterocycles. The van der Waals surface area contributed by atoms with E-state index in [1.165, 1.54) is 37.5 Å². The van der Waals surface area contributed by atoms with Crippen molar-refractivity contribution in [2.45, 2.75) is 45.1 Å². The van der Waals surface area contributed by atoms with Crippen LogP contribution in [0.2, 0.25) is 0 Å². The number of rotatable bonds is 8. The maximum Gasteiger partial charge on any atom is 0.311 e. The van der Waals surface area contributed by atoms with Crippen LogP contribution in [0.1, 0.15) is 49.4 Å². The number of benzene rings is 1. The van der Waals surface area contributed by atoms with Gasteiger partial charge >= 0.3 is 5.69 Å². The van der Waals surface area contributed by atoms with Crippen molar-refractivity contribution in [3.8, 4) is 5.75 Å². The summed E-state index contributed by atoms with van der Waals surface area (Å²) < 4.78 is 5.43. The number of allylic oxidation sites excluding steroid dienone is 1. The lowest BCUT2D eigenvalue weighted by molar-refractivity contribution is -0.386. The van der Waals surface area contributed by atoms with Crippen LogP contribution in [0.5, 0.6) is 5.75 Å². The molecule has 0 aromatic heterocycles. The Morgan fingerprint density at radius 1 is 1.44 bits per heavy atom. The second-order valence-electron chi connectivity index (χ2n) is 6.01. The van der Waals surface area contributed by atoms with Crippen molar-refractivity contribution >= 4 is 17.9 Å². The first kappa shape index (κ1) is 18.6. The molecule has 1 aliphatic carbocycles. The summed E-state index contributed by atoms with van der Waals surface area (Å²) in [7, 11) is 0. The minimum Gasteiger partial charge on any atom is -0.474 e. The first-order valence-electron chi connectivity index (χ1n) is 8.37. The monoisotopic (exact) mass is 346 g/mol. The predicted molar refractivity (Wildman–Crippen MR) is 92.8 cm³/mol. The number of nitro benzene ring substituents is 1. The van der Waals surface area contributed by atoms with Crippen LogP contribution in [0, 0.1) is 10.1 Å². The van der Waals surface area contributed by atoms with E-state index < -0.39 is 11.0 Å². The molecule has 0 spiro atoms.